The molecule has 0 aromatic heterocycles. The van der Waals surface area contributed by atoms with Crippen molar-refractivity contribution in [3.8, 4) is 0 Å². The Hall–Kier alpha value is -3.51. The van der Waals surface area contributed by atoms with E-state index in [0.717, 1.165) is 0 Å². The van der Waals surface area contributed by atoms with Gasteiger partial charge >= 0.3 is 11.9 Å². The molecule has 8 N–H and O–H groups in total. The van der Waals surface area contributed by atoms with Crippen LogP contribution in [-0.4, -0.2) is 75.8 Å². The van der Waals surface area contributed by atoms with Crippen LogP contribution < -0.4 is 21.7 Å². The maximum Gasteiger partial charge on any atom is 0.326 e. The van der Waals surface area contributed by atoms with E-state index in [1.807, 2.05) is 0 Å². The summed E-state index contributed by atoms with van der Waals surface area (Å²) in [6.45, 7) is 2.71. The molecule has 0 radical (unpaired) electrons. The van der Waals surface area contributed by atoms with Crippen LogP contribution in [0.4, 0.5) is 0 Å². The van der Waals surface area contributed by atoms with E-state index < -0.39 is 72.8 Å². The van der Waals surface area contributed by atoms with Crippen molar-refractivity contribution in [2.75, 3.05) is 6.61 Å². The first-order valence-electron chi connectivity index (χ1n) is 10.8. The van der Waals surface area contributed by atoms with Gasteiger partial charge < -0.3 is 37.0 Å². The summed E-state index contributed by atoms with van der Waals surface area (Å²) in [5.74, 6) is -5.74. The number of carboxylic acid groups (broad SMARTS) is 2. The number of aliphatic carboxylic acids is 2. The molecule has 0 aliphatic heterocycles. The van der Waals surface area contributed by atoms with Crippen molar-refractivity contribution in [2.45, 2.75) is 57.3 Å². The third-order valence-corrected chi connectivity index (χ3v) is 5.24. The molecule has 0 spiro atoms. The lowest BCUT2D eigenvalue weighted by molar-refractivity contribution is -0.144. The van der Waals surface area contributed by atoms with Crippen molar-refractivity contribution >= 4 is 29.7 Å². The number of aliphatic hydroxyl groups is 1. The monoisotopic (exact) mass is 480 g/mol. The second-order valence-corrected chi connectivity index (χ2v) is 7.91. The number of carbonyl (C=O) groups is 5. The Morgan fingerprint density at radius 3 is 1.97 bits per heavy atom. The van der Waals surface area contributed by atoms with Gasteiger partial charge in [0.2, 0.25) is 17.7 Å². The molecule has 5 unspecified atom stereocenters. The Labute approximate surface area is 196 Å². The average Bonchev–Trinajstić information content (AvgIpc) is 2.80. The molecule has 12 heteroatoms. The zero-order valence-electron chi connectivity index (χ0n) is 19.1. The van der Waals surface area contributed by atoms with Gasteiger partial charge in [0.25, 0.3) is 0 Å². The van der Waals surface area contributed by atoms with Gasteiger partial charge in [0, 0.05) is 6.42 Å². The number of carboxylic acids is 2. The lowest BCUT2D eigenvalue weighted by atomic mass is 9.98. The van der Waals surface area contributed by atoms with Crippen LogP contribution in [0.5, 0.6) is 0 Å². The summed E-state index contributed by atoms with van der Waals surface area (Å²) in [5.41, 5.74) is 6.06. The number of hydrogen-bond donors (Lipinski definition) is 7. The Balaban J connectivity index is 3.15. The van der Waals surface area contributed by atoms with Crippen LogP contribution in [0.15, 0.2) is 30.3 Å². The molecule has 0 bridgehead atoms. The molecule has 188 valence electrons. The molecule has 0 saturated carbocycles. The highest BCUT2D eigenvalue weighted by Gasteiger charge is 2.32. The van der Waals surface area contributed by atoms with E-state index in [9.17, 15) is 29.1 Å². The van der Waals surface area contributed by atoms with Gasteiger partial charge in [0.1, 0.15) is 24.2 Å². The molecule has 0 aliphatic carbocycles. The number of rotatable bonds is 14. The first kappa shape index (κ1) is 28.5. The SMILES string of the molecule is CCC(C)C(NC(=O)C(Cc1ccccc1)NC(=O)C(CC(=O)O)NC(=O)C(N)CO)C(=O)O. The Morgan fingerprint density at radius 1 is 0.912 bits per heavy atom. The number of amides is 3. The van der Waals surface area contributed by atoms with Crippen LogP contribution in [0.3, 0.4) is 0 Å². The predicted octanol–water partition coefficient (Wildman–Crippen LogP) is -1.39. The first-order chi connectivity index (χ1) is 16.0. The van der Waals surface area contributed by atoms with Gasteiger partial charge in [0.05, 0.1) is 13.0 Å². The molecule has 3 amide bonds. The fourth-order valence-corrected chi connectivity index (χ4v) is 3.01. The molecule has 1 rings (SSSR count). The van der Waals surface area contributed by atoms with E-state index >= 15 is 0 Å². The van der Waals surface area contributed by atoms with Crippen LogP contribution in [0.1, 0.15) is 32.3 Å². The minimum Gasteiger partial charge on any atom is -0.481 e. The second kappa shape index (κ2) is 13.9. The quantitative estimate of drug-likeness (QED) is 0.167. The smallest absolute Gasteiger partial charge is 0.326 e. The largest absolute Gasteiger partial charge is 0.481 e. The first-order valence-corrected chi connectivity index (χ1v) is 10.8. The molecule has 5 atom stereocenters. The highest BCUT2D eigenvalue weighted by molar-refractivity contribution is 5.95. The summed E-state index contributed by atoms with van der Waals surface area (Å²) < 4.78 is 0. The van der Waals surface area contributed by atoms with Gasteiger partial charge in [-0.1, -0.05) is 50.6 Å². The number of nitrogens with two attached hydrogens (primary N) is 1. The summed E-state index contributed by atoms with van der Waals surface area (Å²) in [6.07, 6.45) is -0.347. The van der Waals surface area contributed by atoms with E-state index in [2.05, 4.69) is 16.0 Å². The van der Waals surface area contributed by atoms with Gasteiger partial charge in [-0.2, -0.15) is 0 Å². The maximum absolute atomic E-state index is 13.0. The van der Waals surface area contributed by atoms with Gasteiger partial charge in [0.15, 0.2) is 0 Å². The summed E-state index contributed by atoms with van der Waals surface area (Å²) in [5, 5.41) is 34.6. The second-order valence-electron chi connectivity index (χ2n) is 7.91. The molecular formula is C22H32N4O8. The molecule has 34 heavy (non-hydrogen) atoms. The number of nitrogens with one attached hydrogen (secondary N) is 3. The van der Waals surface area contributed by atoms with Crippen molar-refractivity contribution in [3.63, 3.8) is 0 Å². The van der Waals surface area contributed by atoms with Crippen LogP contribution in [0.25, 0.3) is 0 Å². The fourth-order valence-electron chi connectivity index (χ4n) is 3.01. The van der Waals surface area contributed by atoms with Crippen molar-refractivity contribution in [1.29, 1.82) is 0 Å². The number of carbonyl (C=O) groups excluding carboxylic acids is 3. The fraction of sp³-hybridized carbons (Fsp3) is 0.500. The molecular weight excluding hydrogens is 448 g/mol. The van der Waals surface area contributed by atoms with Gasteiger partial charge in [-0.25, -0.2) is 4.79 Å². The number of hydrogen-bond acceptors (Lipinski definition) is 7. The van der Waals surface area contributed by atoms with Gasteiger partial charge in [-0.05, 0) is 11.5 Å². The van der Waals surface area contributed by atoms with Crippen LogP contribution in [0, 0.1) is 5.92 Å². The van der Waals surface area contributed by atoms with E-state index in [-0.39, 0.29) is 6.42 Å². The molecule has 0 saturated heterocycles. The molecule has 1 aromatic carbocycles. The normalized spacial score (nSPS) is 15.2. The molecule has 0 heterocycles. The molecule has 1 aromatic rings. The number of aliphatic hydroxyl groups excluding tert-OH is 1. The Kier molecular flexibility index (Phi) is 11.7. The minimum absolute atomic E-state index is 0.0187. The van der Waals surface area contributed by atoms with E-state index in [4.69, 9.17) is 15.9 Å². The van der Waals surface area contributed by atoms with E-state index in [1.54, 1.807) is 44.2 Å². The maximum atomic E-state index is 13.0. The standard InChI is InChI=1S/C22H32N4O8/c1-3-12(2)18(22(33)34)26-21(32)15(9-13-7-5-4-6-8-13)25-20(31)16(10-17(28)29)24-19(30)14(23)11-27/h4-8,12,14-16,18,27H,3,9-11,23H2,1-2H3,(H,24,30)(H,25,31)(H,26,32)(H,28,29)(H,33,34). The number of benzene rings is 1. The van der Waals surface area contributed by atoms with Crippen LogP contribution in [-0.2, 0) is 30.4 Å². The Bertz CT molecular complexity index is 864. The summed E-state index contributed by atoms with van der Waals surface area (Å²) in [6, 6.07) is 3.16. The summed E-state index contributed by atoms with van der Waals surface area (Å²) >= 11 is 0. The lowest BCUT2D eigenvalue weighted by Gasteiger charge is -2.26. The lowest BCUT2D eigenvalue weighted by Crippen LogP contribution is -2.58. The van der Waals surface area contributed by atoms with Crippen molar-refractivity contribution in [2.24, 2.45) is 11.7 Å². The Morgan fingerprint density at radius 2 is 1.47 bits per heavy atom. The zero-order valence-corrected chi connectivity index (χ0v) is 19.1. The topological polar surface area (TPSA) is 208 Å². The van der Waals surface area contributed by atoms with Crippen LogP contribution >= 0.6 is 0 Å². The molecule has 12 nitrogen and oxygen atoms in total. The molecule has 0 aliphatic rings. The van der Waals surface area contributed by atoms with E-state index in [0.29, 0.717) is 12.0 Å². The van der Waals surface area contributed by atoms with Gasteiger partial charge in [-0.15, -0.1) is 0 Å². The third kappa shape index (κ3) is 9.16. The van der Waals surface area contributed by atoms with Crippen LogP contribution in [0.2, 0.25) is 0 Å². The average molecular weight is 481 g/mol. The highest BCUT2D eigenvalue weighted by Crippen LogP contribution is 2.10. The van der Waals surface area contributed by atoms with Crippen molar-refractivity contribution < 1.29 is 39.3 Å². The zero-order chi connectivity index (χ0) is 25.8. The third-order valence-electron chi connectivity index (χ3n) is 5.24. The summed E-state index contributed by atoms with van der Waals surface area (Å²) in [7, 11) is 0. The minimum atomic E-state index is -1.58. The summed E-state index contributed by atoms with van der Waals surface area (Å²) in [4.78, 5) is 60.7. The molecule has 0 fully saturated rings. The van der Waals surface area contributed by atoms with Crippen molar-refractivity contribution in [1.82, 2.24) is 16.0 Å². The van der Waals surface area contributed by atoms with E-state index in [1.165, 1.54) is 0 Å². The van der Waals surface area contributed by atoms with Crippen molar-refractivity contribution in [3.05, 3.63) is 35.9 Å². The highest BCUT2D eigenvalue weighted by atomic mass is 16.4. The van der Waals surface area contributed by atoms with Gasteiger partial charge in [-0.3, -0.25) is 19.2 Å². The predicted molar refractivity (Wildman–Crippen MR) is 120 cm³/mol.